The lowest BCUT2D eigenvalue weighted by Crippen LogP contribution is -2.45. The van der Waals surface area contributed by atoms with Crippen LogP contribution in [0.5, 0.6) is 0 Å². The van der Waals surface area contributed by atoms with Crippen LogP contribution in [-0.2, 0) is 29.6 Å². The number of alkyl carbamates (subject to hydrolysis) is 1. The van der Waals surface area contributed by atoms with Crippen molar-refractivity contribution in [3.63, 3.8) is 0 Å². The number of carbonyl (C=O) groups is 4. The maximum atomic E-state index is 12.7. The molecule has 2 N–H and O–H groups in total. The first kappa shape index (κ1) is 24.5. The van der Waals surface area contributed by atoms with Gasteiger partial charge in [0, 0.05) is 24.3 Å². The molecule has 8 nitrogen and oxygen atoms in total. The second-order valence-corrected chi connectivity index (χ2v) is 9.21. The summed E-state index contributed by atoms with van der Waals surface area (Å²) in [5, 5.41) is 4.75. The minimum atomic E-state index is -0.973. The van der Waals surface area contributed by atoms with Gasteiger partial charge < -0.3 is 14.8 Å². The van der Waals surface area contributed by atoms with Crippen molar-refractivity contribution >= 4 is 35.6 Å². The molecule has 0 saturated carbocycles. The molecule has 1 aliphatic rings. The number of benzene rings is 1. The topological polar surface area (TPSA) is 111 Å². The quantitative estimate of drug-likeness (QED) is 0.339. The second-order valence-electron chi connectivity index (χ2n) is 8.18. The van der Waals surface area contributed by atoms with Gasteiger partial charge in [-0.1, -0.05) is 36.9 Å². The number of hydrogen-bond donors (Lipinski definition) is 2. The Hall–Kier alpha value is -2.81. The van der Waals surface area contributed by atoms with Gasteiger partial charge in [0.05, 0.1) is 5.92 Å². The summed E-state index contributed by atoms with van der Waals surface area (Å²) in [6.07, 6.45) is -0.664. The molecule has 0 spiro atoms. The maximum Gasteiger partial charge on any atom is 0.408 e. The van der Waals surface area contributed by atoms with Crippen molar-refractivity contribution in [3.8, 4) is 0 Å². The Labute approximate surface area is 186 Å². The van der Waals surface area contributed by atoms with Gasteiger partial charge >= 0.3 is 12.1 Å². The molecule has 1 fully saturated rings. The second kappa shape index (κ2) is 11.0. The highest BCUT2D eigenvalue weighted by Gasteiger charge is 2.32. The summed E-state index contributed by atoms with van der Waals surface area (Å²) in [5.74, 6) is -1.14. The van der Waals surface area contributed by atoms with Gasteiger partial charge in [0.1, 0.15) is 17.4 Å². The lowest BCUT2D eigenvalue weighted by Gasteiger charge is -2.23. The van der Waals surface area contributed by atoms with E-state index in [1.165, 1.54) is 11.8 Å². The summed E-state index contributed by atoms with van der Waals surface area (Å²) in [4.78, 5) is 47.9. The number of esters is 1. The zero-order valence-corrected chi connectivity index (χ0v) is 18.8. The third-order valence-corrected chi connectivity index (χ3v) is 5.26. The molecule has 0 bridgehead atoms. The van der Waals surface area contributed by atoms with Gasteiger partial charge in [-0.25, -0.2) is 9.59 Å². The molecule has 1 aromatic carbocycles. The Kier molecular flexibility index (Phi) is 8.67. The van der Waals surface area contributed by atoms with Crippen LogP contribution in [0.3, 0.4) is 0 Å². The molecule has 3 amide bonds. The number of nitrogens with one attached hydrogen (secondary N) is 2. The molecule has 2 atom stereocenters. The van der Waals surface area contributed by atoms with Crippen molar-refractivity contribution in [2.75, 3.05) is 5.75 Å². The van der Waals surface area contributed by atoms with Crippen molar-refractivity contribution < 1.29 is 28.7 Å². The minimum Gasteiger partial charge on any atom is -0.444 e. The predicted molar refractivity (Wildman–Crippen MR) is 117 cm³/mol. The Bertz CT molecular complexity index is 834. The largest absolute Gasteiger partial charge is 0.444 e. The van der Waals surface area contributed by atoms with Crippen LogP contribution in [0.4, 0.5) is 4.79 Å². The van der Waals surface area contributed by atoms with Gasteiger partial charge in [-0.2, -0.15) is 11.8 Å². The van der Waals surface area contributed by atoms with Crippen molar-refractivity contribution in [1.82, 2.24) is 10.6 Å². The van der Waals surface area contributed by atoms with E-state index in [2.05, 4.69) is 17.2 Å². The number of hydrogen-bond acceptors (Lipinski definition) is 7. The standard InChI is InChI=1S/C22H28N2O6S/c1-14(10-16-11-18(25)24-19(16)26)29-20(27)17(23-21(28)30-22(2,3)4)13-31-12-15-8-6-5-7-9-15/h5-9,16-17H,1,10-13H2,2-4H3,(H,23,28)(H,24,25,26)/t16-,17+/m1/s1. The average molecular weight is 449 g/mol. The molecule has 0 radical (unpaired) electrons. The van der Waals surface area contributed by atoms with E-state index >= 15 is 0 Å². The number of amides is 3. The first-order valence-electron chi connectivity index (χ1n) is 9.88. The molecular formula is C22H28N2O6S. The fraction of sp³-hybridized carbons (Fsp3) is 0.455. The van der Waals surface area contributed by atoms with Crippen LogP contribution in [-0.4, -0.2) is 41.3 Å². The molecule has 1 aromatic rings. The lowest BCUT2D eigenvalue weighted by atomic mass is 10.0. The number of allylic oxidation sites excluding steroid dienone is 1. The fourth-order valence-electron chi connectivity index (χ4n) is 2.79. The van der Waals surface area contributed by atoms with Crippen LogP contribution in [0.15, 0.2) is 42.7 Å². The molecule has 0 aromatic heterocycles. The molecule has 9 heteroatoms. The zero-order chi connectivity index (χ0) is 23.0. The van der Waals surface area contributed by atoms with E-state index < -0.39 is 35.5 Å². The average Bonchev–Trinajstić information content (AvgIpc) is 2.97. The molecule has 1 saturated heterocycles. The molecular weight excluding hydrogens is 420 g/mol. The van der Waals surface area contributed by atoms with Crippen LogP contribution in [0.25, 0.3) is 0 Å². The van der Waals surface area contributed by atoms with Crippen molar-refractivity contribution in [2.24, 2.45) is 5.92 Å². The van der Waals surface area contributed by atoms with E-state index in [4.69, 9.17) is 9.47 Å². The van der Waals surface area contributed by atoms with E-state index in [-0.39, 0.29) is 30.3 Å². The number of imide groups is 1. The van der Waals surface area contributed by atoms with Crippen LogP contribution in [0.1, 0.15) is 39.2 Å². The summed E-state index contributed by atoms with van der Waals surface area (Å²) >= 11 is 1.45. The Morgan fingerprint density at radius 1 is 1.26 bits per heavy atom. The minimum absolute atomic E-state index is 0.0297. The van der Waals surface area contributed by atoms with Gasteiger partial charge in [0.15, 0.2) is 0 Å². The maximum absolute atomic E-state index is 12.7. The first-order valence-corrected chi connectivity index (χ1v) is 11.0. The molecule has 1 heterocycles. The third kappa shape index (κ3) is 8.84. The number of ether oxygens (including phenoxy) is 2. The number of rotatable bonds is 9. The van der Waals surface area contributed by atoms with E-state index in [9.17, 15) is 19.2 Å². The van der Waals surface area contributed by atoms with Crippen molar-refractivity contribution in [1.29, 1.82) is 0 Å². The molecule has 1 aliphatic heterocycles. The van der Waals surface area contributed by atoms with Crippen LogP contribution in [0, 0.1) is 5.92 Å². The summed E-state index contributed by atoms with van der Waals surface area (Å²) in [6, 6.07) is 8.74. The van der Waals surface area contributed by atoms with Crippen LogP contribution >= 0.6 is 11.8 Å². The van der Waals surface area contributed by atoms with Crippen molar-refractivity contribution in [2.45, 2.75) is 51.0 Å². The van der Waals surface area contributed by atoms with Gasteiger partial charge in [-0.05, 0) is 26.3 Å². The first-order chi connectivity index (χ1) is 14.5. The SMILES string of the molecule is C=C(C[C@@H]1CC(=O)NC1=O)OC(=O)[C@H](CSCc1ccccc1)NC(=O)OC(C)(C)C. The van der Waals surface area contributed by atoms with E-state index in [1.54, 1.807) is 20.8 Å². The summed E-state index contributed by atoms with van der Waals surface area (Å²) in [6.45, 7) is 8.85. The van der Waals surface area contributed by atoms with Gasteiger partial charge in [0.2, 0.25) is 11.8 Å². The molecule has 2 rings (SSSR count). The van der Waals surface area contributed by atoms with Gasteiger partial charge in [-0.15, -0.1) is 0 Å². The molecule has 168 valence electrons. The lowest BCUT2D eigenvalue weighted by molar-refractivity contribution is -0.142. The highest BCUT2D eigenvalue weighted by atomic mass is 32.2. The van der Waals surface area contributed by atoms with Crippen molar-refractivity contribution in [3.05, 3.63) is 48.2 Å². The summed E-state index contributed by atoms with van der Waals surface area (Å²) < 4.78 is 10.5. The summed E-state index contributed by atoms with van der Waals surface area (Å²) in [5.41, 5.74) is 0.361. The number of thioether (sulfide) groups is 1. The van der Waals surface area contributed by atoms with E-state index in [0.717, 1.165) is 5.56 Å². The highest BCUT2D eigenvalue weighted by molar-refractivity contribution is 7.98. The molecule has 0 unspecified atom stereocenters. The van der Waals surface area contributed by atoms with Crippen LogP contribution < -0.4 is 10.6 Å². The zero-order valence-electron chi connectivity index (χ0n) is 17.9. The van der Waals surface area contributed by atoms with Gasteiger partial charge in [0.25, 0.3) is 0 Å². The predicted octanol–water partition coefficient (Wildman–Crippen LogP) is 2.92. The smallest absolute Gasteiger partial charge is 0.408 e. The fourth-order valence-corrected chi connectivity index (χ4v) is 3.79. The van der Waals surface area contributed by atoms with E-state index in [0.29, 0.717) is 5.75 Å². The number of carbonyl (C=O) groups excluding carboxylic acids is 4. The normalized spacial score (nSPS) is 16.9. The van der Waals surface area contributed by atoms with Gasteiger partial charge in [-0.3, -0.25) is 14.9 Å². The summed E-state index contributed by atoms with van der Waals surface area (Å²) in [7, 11) is 0. The Morgan fingerprint density at radius 3 is 2.52 bits per heavy atom. The highest BCUT2D eigenvalue weighted by Crippen LogP contribution is 2.21. The monoisotopic (exact) mass is 448 g/mol. The molecule has 0 aliphatic carbocycles. The Balaban J connectivity index is 1.95. The third-order valence-electron chi connectivity index (χ3n) is 4.16. The molecule has 31 heavy (non-hydrogen) atoms. The van der Waals surface area contributed by atoms with Crippen LogP contribution in [0.2, 0.25) is 0 Å². The Morgan fingerprint density at radius 2 is 1.94 bits per heavy atom. The van der Waals surface area contributed by atoms with E-state index in [1.807, 2.05) is 30.3 Å².